The first-order chi connectivity index (χ1) is 22.9. The number of rotatable bonds is 6. The minimum absolute atomic E-state index is 0.178. The van der Waals surface area contributed by atoms with E-state index >= 15 is 0 Å². The third-order valence-corrected chi connectivity index (χ3v) is 9.09. The van der Waals surface area contributed by atoms with Gasteiger partial charge in [-0.1, -0.05) is 59.6 Å². The molecule has 2 aromatic heterocycles. The zero-order chi connectivity index (χ0) is 32.1. The number of fused-ring (bicyclic) bond motifs is 2. The summed E-state index contributed by atoms with van der Waals surface area (Å²) in [5.41, 5.74) is 10.9. The van der Waals surface area contributed by atoms with Crippen molar-refractivity contribution in [3.8, 4) is 56.0 Å². The molecule has 0 spiro atoms. The van der Waals surface area contributed by atoms with Crippen LogP contribution in [0.5, 0.6) is 11.5 Å². The summed E-state index contributed by atoms with van der Waals surface area (Å²) in [6.45, 7) is 0. The van der Waals surface area contributed by atoms with Crippen LogP contribution < -0.4 is 0 Å². The molecule has 0 bridgehead atoms. The van der Waals surface area contributed by atoms with Crippen LogP contribution in [0.4, 0.5) is 0 Å². The molecule has 0 amide bonds. The fourth-order valence-corrected chi connectivity index (χ4v) is 6.47. The maximum Gasteiger partial charge on any atom is 0.123 e. The highest BCUT2D eigenvalue weighted by Crippen LogP contribution is 2.41. The first kappa shape index (κ1) is 28.9. The minimum Gasteiger partial charge on any atom is -0.507 e. The van der Waals surface area contributed by atoms with E-state index in [-0.39, 0.29) is 11.5 Å². The lowest BCUT2D eigenvalue weighted by Crippen LogP contribution is -1.92. The predicted octanol–water partition coefficient (Wildman–Crippen LogP) is 10.4. The second kappa shape index (κ2) is 11.7. The van der Waals surface area contributed by atoms with Gasteiger partial charge in [0.15, 0.2) is 0 Å². The van der Waals surface area contributed by atoms with Gasteiger partial charge in [0.25, 0.3) is 0 Å². The number of nitrogens with one attached hydrogen (secondary N) is 2. The van der Waals surface area contributed by atoms with Crippen molar-refractivity contribution in [3.63, 3.8) is 0 Å². The van der Waals surface area contributed by atoms with E-state index in [4.69, 9.17) is 23.2 Å². The molecule has 0 atom stereocenters. The molecule has 0 unspecified atom stereocenters. The van der Waals surface area contributed by atoms with E-state index in [1.807, 2.05) is 84.9 Å². The maximum atomic E-state index is 11.1. The summed E-state index contributed by atoms with van der Waals surface area (Å²) in [7, 11) is 0. The van der Waals surface area contributed by atoms with E-state index in [0.717, 1.165) is 66.3 Å². The Labute approximate surface area is 279 Å². The summed E-state index contributed by atoms with van der Waals surface area (Å²) < 4.78 is 0. The van der Waals surface area contributed by atoms with Gasteiger partial charge in [0.1, 0.15) is 11.5 Å². The minimum atomic E-state index is 0.178. The molecule has 0 saturated heterocycles. The van der Waals surface area contributed by atoms with E-state index < -0.39 is 0 Å². The molecule has 8 heteroatoms. The van der Waals surface area contributed by atoms with Gasteiger partial charge in [-0.05, 0) is 124 Å². The van der Waals surface area contributed by atoms with Gasteiger partial charge in [0.05, 0.1) is 23.4 Å². The van der Waals surface area contributed by atoms with Crippen LogP contribution in [0.3, 0.4) is 0 Å². The normalized spacial score (nSPS) is 11.4. The summed E-state index contributed by atoms with van der Waals surface area (Å²) in [5.74, 6) is 0.356. The third-order valence-electron chi connectivity index (χ3n) is 8.58. The molecule has 0 saturated carbocycles. The summed E-state index contributed by atoms with van der Waals surface area (Å²) in [4.78, 5) is 0. The number of aromatic nitrogens is 4. The summed E-state index contributed by atoms with van der Waals surface area (Å²) in [6, 6.07) is 35.0. The predicted molar refractivity (Wildman–Crippen MR) is 190 cm³/mol. The molecule has 0 aliphatic carbocycles. The average molecular weight is 654 g/mol. The van der Waals surface area contributed by atoms with Crippen molar-refractivity contribution in [2.45, 2.75) is 6.42 Å². The van der Waals surface area contributed by atoms with Gasteiger partial charge in [0.2, 0.25) is 0 Å². The van der Waals surface area contributed by atoms with Crippen LogP contribution >= 0.6 is 23.2 Å². The smallest absolute Gasteiger partial charge is 0.123 e. The van der Waals surface area contributed by atoms with Crippen LogP contribution in [0, 0.1) is 0 Å². The molecule has 6 nitrogen and oxygen atoms in total. The molecule has 2 heterocycles. The molecule has 0 fully saturated rings. The van der Waals surface area contributed by atoms with Crippen LogP contribution in [0.15, 0.2) is 122 Å². The number of H-pyrrole nitrogens is 2. The fraction of sp³-hybridized carbons (Fsp3) is 0.0256. The molecule has 8 rings (SSSR count). The van der Waals surface area contributed by atoms with Crippen LogP contribution in [0.2, 0.25) is 10.0 Å². The van der Waals surface area contributed by atoms with Crippen LogP contribution in [0.25, 0.3) is 66.3 Å². The van der Waals surface area contributed by atoms with E-state index in [9.17, 15) is 10.2 Å². The summed E-state index contributed by atoms with van der Waals surface area (Å²) in [6.07, 6.45) is 4.14. The standard InChI is InChI=1S/C39H26Cl2N4O2/c40-28-7-3-24(4-8-28)26-16-30(34-20-42-44-36(34)18-26)32-14-22(1-11-38(32)46)13-23-2-12-39(47)33(15-23)31-17-27(19-37-35(31)21-43-45-37)25-5-9-29(41)10-6-25/h1-12,14-21,46-47H,13H2,(H,42,44)(H,43,45). The highest BCUT2D eigenvalue weighted by molar-refractivity contribution is 6.31. The number of phenols is 2. The Kier molecular flexibility index (Phi) is 7.17. The van der Waals surface area contributed by atoms with Gasteiger partial charge in [0, 0.05) is 31.9 Å². The topological polar surface area (TPSA) is 97.8 Å². The van der Waals surface area contributed by atoms with Crippen LogP contribution in [-0.4, -0.2) is 30.6 Å². The van der Waals surface area contributed by atoms with Crippen molar-refractivity contribution in [1.29, 1.82) is 0 Å². The van der Waals surface area contributed by atoms with Crippen molar-refractivity contribution >= 4 is 45.0 Å². The van der Waals surface area contributed by atoms with Gasteiger partial charge in [-0.3, -0.25) is 10.2 Å². The quantitative estimate of drug-likeness (QED) is 0.144. The average Bonchev–Trinajstić information content (AvgIpc) is 3.76. The number of nitrogens with zero attached hydrogens (tertiary/aromatic N) is 2. The van der Waals surface area contributed by atoms with E-state index in [2.05, 4.69) is 32.5 Å². The number of hydrogen-bond acceptors (Lipinski definition) is 4. The number of halogens is 2. The monoisotopic (exact) mass is 652 g/mol. The number of benzene rings is 6. The molecule has 228 valence electrons. The van der Waals surface area contributed by atoms with E-state index in [1.54, 1.807) is 24.5 Å². The van der Waals surface area contributed by atoms with Crippen molar-refractivity contribution in [2.24, 2.45) is 0 Å². The fourth-order valence-electron chi connectivity index (χ4n) is 6.22. The molecule has 8 aromatic rings. The Morgan fingerprint density at radius 3 is 1.32 bits per heavy atom. The molecule has 4 N–H and O–H groups in total. The lowest BCUT2D eigenvalue weighted by molar-refractivity contribution is 0.477. The number of hydrogen-bond donors (Lipinski definition) is 4. The molecule has 0 aliphatic rings. The molecular formula is C39H26Cl2N4O2. The van der Waals surface area contributed by atoms with Crippen molar-refractivity contribution in [1.82, 2.24) is 20.4 Å². The Morgan fingerprint density at radius 1 is 0.468 bits per heavy atom. The van der Waals surface area contributed by atoms with Gasteiger partial charge in [-0.2, -0.15) is 10.2 Å². The number of aromatic hydroxyl groups is 2. The molecule has 6 aromatic carbocycles. The highest BCUT2D eigenvalue weighted by atomic mass is 35.5. The molecule has 47 heavy (non-hydrogen) atoms. The number of aromatic amines is 2. The van der Waals surface area contributed by atoms with Crippen molar-refractivity contribution in [2.75, 3.05) is 0 Å². The van der Waals surface area contributed by atoms with E-state index in [1.165, 1.54) is 0 Å². The second-order valence-corrected chi connectivity index (χ2v) is 12.5. The summed E-state index contributed by atoms with van der Waals surface area (Å²) >= 11 is 12.3. The molecular weight excluding hydrogens is 627 g/mol. The lowest BCUT2D eigenvalue weighted by atomic mass is 9.91. The molecule has 0 radical (unpaired) electrons. The van der Waals surface area contributed by atoms with E-state index in [0.29, 0.717) is 27.6 Å². The maximum absolute atomic E-state index is 11.1. The Bertz CT molecular complexity index is 2260. The Morgan fingerprint density at radius 2 is 0.894 bits per heavy atom. The first-order valence-electron chi connectivity index (χ1n) is 15.0. The first-order valence-corrected chi connectivity index (χ1v) is 15.8. The van der Waals surface area contributed by atoms with Crippen molar-refractivity contribution < 1.29 is 10.2 Å². The SMILES string of the molecule is Oc1ccc(Cc2ccc(O)c(-c3cc(-c4ccc(Cl)cc4)cc4[nH]ncc34)c2)cc1-c1cc(-c2ccc(Cl)cc2)cc2[nH]ncc12. The van der Waals surface area contributed by atoms with Gasteiger partial charge in [-0.15, -0.1) is 0 Å². The molecule has 0 aliphatic heterocycles. The zero-order valence-corrected chi connectivity index (χ0v) is 26.3. The van der Waals surface area contributed by atoms with Crippen molar-refractivity contribution in [3.05, 3.63) is 143 Å². The third kappa shape index (κ3) is 5.48. The largest absolute Gasteiger partial charge is 0.507 e. The number of phenolic OH excluding ortho intramolecular Hbond substituents is 2. The van der Waals surface area contributed by atoms with Gasteiger partial charge in [-0.25, -0.2) is 0 Å². The zero-order valence-electron chi connectivity index (χ0n) is 24.8. The van der Waals surface area contributed by atoms with Gasteiger partial charge >= 0.3 is 0 Å². The second-order valence-electron chi connectivity index (χ2n) is 11.6. The summed E-state index contributed by atoms with van der Waals surface area (Å²) in [5, 5.41) is 40.1. The Balaban J connectivity index is 1.18. The van der Waals surface area contributed by atoms with Gasteiger partial charge < -0.3 is 10.2 Å². The Hall–Kier alpha value is -5.56. The van der Waals surface area contributed by atoms with Crippen LogP contribution in [-0.2, 0) is 6.42 Å². The lowest BCUT2D eigenvalue weighted by Gasteiger charge is -2.14. The highest BCUT2D eigenvalue weighted by Gasteiger charge is 2.16. The van der Waals surface area contributed by atoms with Crippen LogP contribution in [0.1, 0.15) is 11.1 Å².